The molecule has 2 rings (SSSR count). The summed E-state index contributed by atoms with van der Waals surface area (Å²) in [6.07, 6.45) is 0. The van der Waals surface area contributed by atoms with Crippen LogP contribution in [0, 0.1) is 11.6 Å². The van der Waals surface area contributed by atoms with E-state index < -0.39 is 17.5 Å². The number of anilines is 2. The van der Waals surface area contributed by atoms with E-state index in [0.717, 1.165) is 6.07 Å². The molecular formula is C13H10F2N2O. The molecule has 0 aromatic heterocycles. The molecular weight excluding hydrogens is 238 g/mol. The molecule has 0 aliphatic rings. The van der Waals surface area contributed by atoms with Crippen LogP contribution in [0.25, 0.3) is 0 Å². The van der Waals surface area contributed by atoms with Crippen LogP contribution in [0.5, 0.6) is 0 Å². The van der Waals surface area contributed by atoms with E-state index >= 15 is 0 Å². The van der Waals surface area contributed by atoms with Crippen LogP contribution in [0.4, 0.5) is 20.2 Å². The molecule has 0 heterocycles. The summed E-state index contributed by atoms with van der Waals surface area (Å²) in [4.78, 5) is 11.7. The highest BCUT2D eigenvalue weighted by Gasteiger charge is 2.11. The number of nitrogen functional groups attached to an aromatic ring is 1. The second kappa shape index (κ2) is 4.83. The van der Waals surface area contributed by atoms with Gasteiger partial charge < -0.3 is 11.1 Å². The van der Waals surface area contributed by atoms with Crippen LogP contribution in [-0.2, 0) is 0 Å². The summed E-state index contributed by atoms with van der Waals surface area (Å²) in [5.74, 6) is -2.62. The number of hydrogen-bond donors (Lipinski definition) is 2. The van der Waals surface area contributed by atoms with Gasteiger partial charge in [-0.3, -0.25) is 4.79 Å². The standard InChI is InChI=1S/C13H10F2N2O/c14-10-2-1-3-11(12(10)15)17-13(18)8-4-6-9(16)7-5-8/h1-7H,16H2,(H,17,18). The maximum absolute atomic E-state index is 13.3. The van der Waals surface area contributed by atoms with Crippen LogP contribution >= 0.6 is 0 Å². The van der Waals surface area contributed by atoms with E-state index in [2.05, 4.69) is 5.32 Å². The normalized spacial score (nSPS) is 10.1. The third-order valence-electron chi connectivity index (χ3n) is 2.37. The molecule has 2 aromatic carbocycles. The fourth-order valence-electron chi connectivity index (χ4n) is 1.43. The number of hydrogen-bond acceptors (Lipinski definition) is 2. The van der Waals surface area contributed by atoms with E-state index in [1.54, 1.807) is 12.1 Å². The molecule has 3 N–H and O–H groups in total. The number of carbonyl (C=O) groups excluding carboxylic acids is 1. The van der Waals surface area contributed by atoms with Crippen molar-refractivity contribution in [2.24, 2.45) is 0 Å². The molecule has 92 valence electrons. The third-order valence-corrected chi connectivity index (χ3v) is 2.37. The minimum Gasteiger partial charge on any atom is -0.399 e. The molecule has 0 saturated heterocycles. The number of halogens is 2. The van der Waals surface area contributed by atoms with E-state index in [9.17, 15) is 13.6 Å². The lowest BCUT2D eigenvalue weighted by molar-refractivity contribution is 0.102. The van der Waals surface area contributed by atoms with Crippen molar-refractivity contribution in [2.75, 3.05) is 11.1 Å². The van der Waals surface area contributed by atoms with Crippen molar-refractivity contribution in [1.82, 2.24) is 0 Å². The summed E-state index contributed by atoms with van der Waals surface area (Å²) < 4.78 is 26.3. The third kappa shape index (κ3) is 2.45. The van der Waals surface area contributed by atoms with Crippen LogP contribution in [-0.4, -0.2) is 5.91 Å². The first-order valence-corrected chi connectivity index (χ1v) is 5.19. The first-order valence-electron chi connectivity index (χ1n) is 5.19. The zero-order valence-electron chi connectivity index (χ0n) is 9.28. The average molecular weight is 248 g/mol. The van der Waals surface area contributed by atoms with Gasteiger partial charge in [-0.2, -0.15) is 0 Å². The molecule has 0 fully saturated rings. The van der Waals surface area contributed by atoms with Gasteiger partial charge in [-0.25, -0.2) is 8.78 Å². The van der Waals surface area contributed by atoms with Crippen molar-refractivity contribution < 1.29 is 13.6 Å². The molecule has 0 bridgehead atoms. The Balaban J connectivity index is 2.21. The van der Waals surface area contributed by atoms with E-state index in [4.69, 9.17) is 5.73 Å². The molecule has 0 aliphatic heterocycles. The van der Waals surface area contributed by atoms with Crippen LogP contribution in [0.15, 0.2) is 42.5 Å². The predicted molar refractivity (Wildman–Crippen MR) is 65.2 cm³/mol. The fourth-order valence-corrected chi connectivity index (χ4v) is 1.43. The minimum atomic E-state index is -1.08. The average Bonchev–Trinajstić information content (AvgIpc) is 2.36. The van der Waals surface area contributed by atoms with Gasteiger partial charge in [0.1, 0.15) is 0 Å². The Morgan fingerprint density at radius 2 is 1.72 bits per heavy atom. The number of carbonyl (C=O) groups is 1. The van der Waals surface area contributed by atoms with Gasteiger partial charge in [0.05, 0.1) is 5.69 Å². The SMILES string of the molecule is Nc1ccc(C(=O)Nc2cccc(F)c2F)cc1. The van der Waals surface area contributed by atoms with Gasteiger partial charge in [-0.15, -0.1) is 0 Å². The fraction of sp³-hybridized carbons (Fsp3) is 0. The topological polar surface area (TPSA) is 55.1 Å². The number of nitrogens with one attached hydrogen (secondary N) is 1. The van der Waals surface area contributed by atoms with Crippen LogP contribution in [0.2, 0.25) is 0 Å². The van der Waals surface area contributed by atoms with Crippen molar-refractivity contribution in [1.29, 1.82) is 0 Å². The Kier molecular flexibility index (Phi) is 3.23. The molecule has 5 heteroatoms. The van der Waals surface area contributed by atoms with E-state index in [1.807, 2.05) is 0 Å². The molecule has 3 nitrogen and oxygen atoms in total. The smallest absolute Gasteiger partial charge is 0.255 e. The van der Waals surface area contributed by atoms with Crippen molar-refractivity contribution >= 4 is 17.3 Å². The first kappa shape index (κ1) is 12.0. The largest absolute Gasteiger partial charge is 0.399 e. The quantitative estimate of drug-likeness (QED) is 0.803. The van der Waals surface area contributed by atoms with E-state index in [1.165, 1.54) is 24.3 Å². The van der Waals surface area contributed by atoms with Gasteiger partial charge in [0.25, 0.3) is 5.91 Å². The summed E-state index contributed by atoms with van der Waals surface area (Å²) in [6.45, 7) is 0. The number of amides is 1. The van der Waals surface area contributed by atoms with Gasteiger partial charge in [0.2, 0.25) is 0 Å². The molecule has 18 heavy (non-hydrogen) atoms. The van der Waals surface area contributed by atoms with Crippen molar-refractivity contribution in [3.8, 4) is 0 Å². The summed E-state index contributed by atoms with van der Waals surface area (Å²) >= 11 is 0. The Bertz CT molecular complexity index is 582. The number of nitrogens with two attached hydrogens (primary N) is 1. The lowest BCUT2D eigenvalue weighted by Gasteiger charge is -2.06. The Hall–Kier alpha value is -2.43. The van der Waals surface area contributed by atoms with Gasteiger partial charge in [-0.1, -0.05) is 6.07 Å². The molecule has 0 spiro atoms. The Labute approximate surface area is 102 Å². The highest BCUT2D eigenvalue weighted by molar-refractivity contribution is 6.04. The maximum Gasteiger partial charge on any atom is 0.255 e. The Morgan fingerprint density at radius 1 is 1.06 bits per heavy atom. The molecule has 1 amide bonds. The predicted octanol–water partition coefficient (Wildman–Crippen LogP) is 2.80. The van der Waals surface area contributed by atoms with Gasteiger partial charge >= 0.3 is 0 Å². The van der Waals surface area contributed by atoms with Crippen molar-refractivity contribution in [3.63, 3.8) is 0 Å². The van der Waals surface area contributed by atoms with Gasteiger partial charge in [-0.05, 0) is 36.4 Å². The lowest BCUT2D eigenvalue weighted by Crippen LogP contribution is -2.13. The van der Waals surface area contributed by atoms with Gasteiger partial charge in [0, 0.05) is 11.3 Å². The molecule has 0 radical (unpaired) electrons. The maximum atomic E-state index is 13.3. The molecule has 2 aromatic rings. The minimum absolute atomic E-state index is 0.197. The molecule has 0 atom stereocenters. The highest BCUT2D eigenvalue weighted by Crippen LogP contribution is 2.17. The summed E-state index contributed by atoms with van der Waals surface area (Å²) in [6, 6.07) is 9.69. The molecule has 0 saturated carbocycles. The lowest BCUT2D eigenvalue weighted by atomic mass is 10.2. The molecule has 0 aliphatic carbocycles. The Morgan fingerprint density at radius 3 is 2.39 bits per heavy atom. The summed E-state index contributed by atoms with van der Waals surface area (Å²) in [5.41, 5.74) is 6.11. The molecule has 0 unspecified atom stereocenters. The highest BCUT2D eigenvalue weighted by atomic mass is 19.2. The van der Waals surface area contributed by atoms with Crippen molar-refractivity contribution in [2.45, 2.75) is 0 Å². The zero-order chi connectivity index (χ0) is 13.1. The summed E-state index contributed by atoms with van der Waals surface area (Å²) in [5, 5.41) is 2.29. The number of benzene rings is 2. The van der Waals surface area contributed by atoms with Crippen LogP contribution in [0.3, 0.4) is 0 Å². The number of rotatable bonds is 2. The van der Waals surface area contributed by atoms with Crippen molar-refractivity contribution in [3.05, 3.63) is 59.7 Å². The first-order chi connectivity index (χ1) is 8.58. The van der Waals surface area contributed by atoms with E-state index in [-0.39, 0.29) is 5.69 Å². The second-order valence-corrected chi connectivity index (χ2v) is 3.68. The van der Waals surface area contributed by atoms with Crippen LogP contribution in [0.1, 0.15) is 10.4 Å². The van der Waals surface area contributed by atoms with Crippen LogP contribution < -0.4 is 11.1 Å². The van der Waals surface area contributed by atoms with Gasteiger partial charge in [0.15, 0.2) is 11.6 Å². The zero-order valence-corrected chi connectivity index (χ0v) is 9.28. The second-order valence-electron chi connectivity index (χ2n) is 3.68. The van der Waals surface area contributed by atoms with E-state index in [0.29, 0.717) is 11.3 Å². The summed E-state index contributed by atoms with van der Waals surface area (Å²) in [7, 11) is 0. The monoisotopic (exact) mass is 248 g/mol.